The Morgan fingerprint density at radius 1 is 1.48 bits per heavy atom. The number of fused-ring (bicyclic) bond motifs is 1. The van der Waals surface area contributed by atoms with Crippen molar-refractivity contribution >= 4 is 57.7 Å². The Morgan fingerprint density at radius 2 is 2.18 bits per heavy atom. The van der Waals surface area contributed by atoms with E-state index in [1.165, 1.54) is 17.4 Å². The molecule has 2 amide bonds. The molecule has 2 fully saturated rings. The maximum atomic E-state index is 12.8. The number of β-lactam (4-membered cyclic amide) rings is 1. The standard InChI is InChI=1S/C18H22N6O7S2/c1-3-17(15(29)30)7-24-13(28)11(14(24)33-18(17,20)5-4-9(25)26)22-12(27)10(23-31-2)8-6-32-16(19)21-8/h3,6,11,14H,1,4-5,7,20H2,2H3,(H2,19,21)(H,22,27)(H,25,26)(H,29,30)/t11?,14-,17?,18?/m1/s1. The molecular weight excluding hydrogens is 476 g/mol. The molecule has 2 aliphatic rings. The summed E-state index contributed by atoms with van der Waals surface area (Å²) in [6, 6.07) is -1.05. The van der Waals surface area contributed by atoms with E-state index in [1.807, 2.05) is 0 Å². The number of nitrogen functional groups attached to an aromatic ring is 1. The Labute approximate surface area is 195 Å². The van der Waals surface area contributed by atoms with Gasteiger partial charge in [-0.05, 0) is 6.42 Å². The summed E-state index contributed by atoms with van der Waals surface area (Å²) in [5.74, 6) is -3.76. The van der Waals surface area contributed by atoms with Gasteiger partial charge in [-0.25, -0.2) is 4.98 Å². The predicted octanol–water partition coefficient (Wildman–Crippen LogP) is -0.747. The smallest absolute Gasteiger partial charge is 0.318 e. The zero-order valence-electron chi connectivity index (χ0n) is 17.4. The maximum Gasteiger partial charge on any atom is 0.318 e. The van der Waals surface area contributed by atoms with Crippen molar-refractivity contribution in [2.45, 2.75) is 29.1 Å². The first-order valence-corrected chi connectivity index (χ1v) is 11.2. The quantitative estimate of drug-likeness (QED) is 0.124. The molecule has 0 aliphatic carbocycles. The van der Waals surface area contributed by atoms with E-state index in [2.05, 4.69) is 22.0 Å². The van der Waals surface area contributed by atoms with Gasteiger partial charge in [0.1, 0.15) is 29.6 Å². The van der Waals surface area contributed by atoms with Crippen molar-refractivity contribution in [1.29, 1.82) is 0 Å². The van der Waals surface area contributed by atoms with Crippen LogP contribution in [0.4, 0.5) is 5.13 Å². The summed E-state index contributed by atoms with van der Waals surface area (Å²) in [6.45, 7) is 3.27. The lowest BCUT2D eigenvalue weighted by atomic mass is 9.76. The zero-order chi connectivity index (χ0) is 24.6. The average molecular weight is 499 g/mol. The molecule has 2 aliphatic heterocycles. The van der Waals surface area contributed by atoms with Crippen molar-refractivity contribution in [2.24, 2.45) is 16.3 Å². The summed E-state index contributed by atoms with van der Waals surface area (Å²) >= 11 is 2.00. The molecule has 0 aromatic carbocycles. The van der Waals surface area contributed by atoms with Gasteiger partial charge in [0.2, 0.25) is 5.91 Å². The number of nitrogens with one attached hydrogen (secondary N) is 1. The molecule has 178 valence electrons. The second-order valence-corrected chi connectivity index (χ2v) is 9.72. The van der Waals surface area contributed by atoms with Crippen molar-refractivity contribution < 1.29 is 34.2 Å². The number of amides is 2. The highest BCUT2D eigenvalue weighted by molar-refractivity contribution is 8.01. The minimum Gasteiger partial charge on any atom is -0.481 e. The Kier molecular flexibility index (Phi) is 6.67. The third-order valence-electron chi connectivity index (χ3n) is 5.54. The first-order valence-electron chi connectivity index (χ1n) is 9.49. The highest BCUT2D eigenvalue weighted by Crippen LogP contribution is 2.54. The van der Waals surface area contributed by atoms with Crippen molar-refractivity contribution in [3.05, 3.63) is 23.7 Å². The van der Waals surface area contributed by atoms with Crippen LogP contribution in [0.5, 0.6) is 0 Å². The number of aliphatic carboxylic acids is 2. The molecule has 0 saturated carbocycles. The van der Waals surface area contributed by atoms with Crippen molar-refractivity contribution in [2.75, 3.05) is 19.4 Å². The molecule has 4 atom stereocenters. The number of oxime groups is 1. The molecule has 3 unspecified atom stereocenters. The fourth-order valence-electron chi connectivity index (χ4n) is 3.73. The van der Waals surface area contributed by atoms with E-state index >= 15 is 0 Å². The molecule has 33 heavy (non-hydrogen) atoms. The lowest BCUT2D eigenvalue weighted by Gasteiger charge is -2.59. The van der Waals surface area contributed by atoms with E-state index in [4.69, 9.17) is 21.4 Å². The molecule has 3 rings (SSSR count). The van der Waals surface area contributed by atoms with Crippen molar-refractivity contribution in [3.8, 4) is 0 Å². The maximum absolute atomic E-state index is 12.8. The fourth-order valence-corrected chi connectivity index (χ4v) is 6.00. The van der Waals surface area contributed by atoms with Gasteiger partial charge in [0, 0.05) is 18.3 Å². The molecule has 2 saturated heterocycles. The summed E-state index contributed by atoms with van der Waals surface area (Å²) in [7, 11) is 1.24. The fraction of sp³-hybridized carbons (Fsp3) is 0.444. The number of thioether (sulfide) groups is 1. The monoisotopic (exact) mass is 498 g/mol. The average Bonchev–Trinajstić information content (AvgIpc) is 3.19. The number of thiazole rings is 1. The number of nitrogens with zero attached hydrogens (tertiary/aromatic N) is 3. The first kappa shape index (κ1) is 24.5. The third kappa shape index (κ3) is 4.14. The number of aromatic nitrogens is 1. The van der Waals surface area contributed by atoms with E-state index in [1.54, 1.807) is 0 Å². The van der Waals surface area contributed by atoms with Crippen LogP contribution in [-0.2, 0) is 24.0 Å². The first-order chi connectivity index (χ1) is 15.5. The van der Waals surface area contributed by atoms with Crippen LogP contribution in [0.2, 0.25) is 0 Å². The molecule has 0 bridgehead atoms. The van der Waals surface area contributed by atoms with Gasteiger partial charge in [-0.1, -0.05) is 11.2 Å². The predicted molar refractivity (Wildman–Crippen MR) is 119 cm³/mol. The van der Waals surface area contributed by atoms with Crippen LogP contribution in [0.3, 0.4) is 0 Å². The Bertz CT molecular complexity index is 1050. The minimum absolute atomic E-state index is 0.156. The van der Waals surface area contributed by atoms with Gasteiger partial charge in [-0.15, -0.1) is 29.7 Å². The highest BCUT2D eigenvalue weighted by atomic mass is 32.2. The Hall–Kier alpha value is -3.17. The van der Waals surface area contributed by atoms with E-state index in [0.717, 1.165) is 29.2 Å². The van der Waals surface area contributed by atoms with Crippen LogP contribution in [-0.4, -0.2) is 79.5 Å². The van der Waals surface area contributed by atoms with Gasteiger partial charge >= 0.3 is 11.9 Å². The van der Waals surface area contributed by atoms with Crippen LogP contribution < -0.4 is 16.8 Å². The number of nitrogens with two attached hydrogens (primary N) is 2. The van der Waals surface area contributed by atoms with Gasteiger partial charge < -0.3 is 36.7 Å². The number of carboxylic acid groups (broad SMARTS) is 2. The van der Waals surface area contributed by atoms with E-state index in [-0.39, 0.29) is 35.9 Å². The number of rotatable bonds is 9. The molecule has 0 spiro atoms. The number of hydrogen-bond donors (Lipinski definition) is 5. The van der Waals surface area contributed by atoms with E-state index < -0.39 is 45.5 Å². The molecule has 7 N–H and O–H groups in total. The third-order valence-corrected chi connectivity index (χ3v) is 7.97. The number of hydrogen-bond acceptors (Lipinski definition) is 11. The summed E-state index contributed by atoms with van der Waals surface area (Å²) in [5.41, 5.74) is 10.2. The summed E-state index contributed by atoms with van der Waals surface area (Å²) in [5, 5.41) is 26.2. The Morgan fingerprint density at radius 3 is 2.70 bits per heavy atom. The molecule has 1 aromatic rings. The number of anilines is 1. The number of carbonyl (C=O) groups excluding carboxylic acids is 2. The van der Waals surface area contributed by atoms with Crippen LogP contribution in [0.25, 0.3) is 0 Å². The van der Waals surface area contributed by atoms with E-state index in [9.17, 15) is 24.3 Å². The van der Waals surface area contributed by atoms with Gasteiger partial charge in [0.05, 0.1) is 4.87 Å². The van der Waals surface area contributed by atoms with Gasteiger partial charge in [0.15, 0.2) is 10.8 Å². The van der Waals surface area contributed by atoms with Gasteiger partial charge in [0.25, 0.3) is 5.91 Å². The van der Waals surface area contributed by atoms with Crippen molar-refractivity contribution in [3.63, 3.8) is 0 Å². The molecule has 15 heteroatoms. The lowest BCUT2D eigenvalue weighted by molar-refractivity contribution is -0.160. The topological polar surface area (TPSA) is 211 Å². The SMILES string of the molecule is C=CC1(C(=O)O)CN2C(=O)C(NC(=O)C(=NOC)c3csc(N)n3)[C@H]2SC1(N)CCC(=O)O. The normalized spacial score (nSPS) is 29.0. The summed E-state index contributed by atoms with van der Waals surface area (Å²) in [6.07, 6.45) is 0.550. The largest absolute Gasteiger partial charge is 0.481 e. The lowest BCUT2D eigenvalue weighted by Crippen LogP contribution is -2.78. The Balaban J connectivity index is 1.85. The van der Waals surface area contributed by atoms with Crippen LogP contribution in [0.15, 0.2) is 23.2 Å². The van der Waals surface area contributed by atoms with Gasteiger partial charge in [-0.3, -0.25) is 19.2 Å². The van der Waals surface area contributed by atoms with E-state index in [0.29, 0.717) is 0 Å². The van der Waals surface area contributed by atoms with Crippen LogP contribution in [0.1, 0.15) is 18.5 Å². The summed E-state index contributed by atoms with van der Waals surface area (Å²) in [4.78, 5) is 57.3. The molecule has 13 nitrogen and oxygen atoms in total. The molecule has 3 heterocycles. The molecule has 1 aromatic heterocycles. The zero-order valence-corrected chi connectivity index (χ0v) is 19.0. The van der Waals surface area contributed by atoms with Crippen LogP contribution >= 0.6 is 23.1 Å². The summed E-state index contributed by atoms with van der Waals surface area (Å²) < 4.78 is 0. The second-order valence-electron chi connectivity index (χ2n) is 7.38. The minimum atomic E-state index is -1.78. The molecule has 0 radical (unpaired) electrons. The van der Waals surface area contributed by atoms with Crippen molar-refractivity contribution in [1.82, 2.24) is 15.2 Å². The highest BCUT2D eigenvalue weighted by Gasteiger charge is 2.65. The van der Waals surface area contributed by atoms with Gasteiger partial charge in [-0.2, -0.15) is 0 Å². The molecular formula is C18H22N6O7S2. The number of carbonyl (C=O) groups is 4. The number of carboxylic acids is 2. The van der Waals surface area contributed by atoms with Crippen LogP contribution in [0, 0.1) is 5.41 Å². The second kappa shape index (κ2) is 8.99.